The first-order valence-corrected chi connectivity index (χ1v) is 5.43. The first-order chi connectivity index (χ1) is 5.11. The van der Waals surface area contributed by atoms with Gasteiger partial charge >= 0.3 is 0 Å². The monoisotopic (exact) mass is 283 g/mol. The van der Waals surface area contributed by atoms with E-state index in [2.05, 4.69) is 31.9 Å². The molecule has 0 spiro atoms. The van der Waals surface area contributed by atoms with Gasteiger partial charge in [-0.25, -0.2) is 0 Å². The molecule has 1 fully saturated rings. The molecule has 0 aliphatic heterocycles. The largest absolute Gasteiger partial charge is 0.550 e. The molecule has 11 heavy (non-hydrogen) atoms. The standard InChI is InChI=1S/C7H10Br2O2/c8-5-2-1-4(7(10)11)3-6(5)9/h4-6H,1-3H2,(H,10,11)/p-1/t4-,5+,6+/m1/s1. The molecule has 3 atom stereocenters. The van der Waals surface area contributed by atoms with E-state index in [-0.39, 0.29) is 10.7 Å². The Kier molecular flexibility index (Phi) is 3.37. The number of carboxylic acid groups (broad SMARTS) is 1. The van der Waals surface area contributed by atoms with Crippen LogP contribution >= 0.6 is 31.9 Å². The molecule has 1 aliphatic carbocycles. The molecule has 2 nitrogen and oxygen atoms in total. The van der Waals surface area contributed by atoms with E-state index in [1.54, 1.807) is 0 Å². The van der Waals surface area contributed by atoms with Gasteiger partial charge in [-0.15, -0.1) is 0 Å². The number of alkyl halides is 2. The van der Waals surface area contributed by atoms with Gasteiger partial charge in [-0.3, -0.25) is 0 Å². The Hall–Kier alpha value is 0.430. The summed E-state index contributed by atoms with van der Waals surface area (Å²) in [5, 5.41) is 10.5. The molecule has 0 saturated heterocycles. The SMILES string of the molecule is O=C([O-])[C@@H]1CC[C@H](Br)[C@@H](Br)C1. The number of rotatable bonds is 1. The molecule has 64 valence electrons. The van der Waals surface area contributed by atoms with Gasteiger partial charge in [-0.05, 0) is 25.2 Å². The number of hydrogen-bond donors (Lipinski definition) is 0. The Bertz CT molecular complexity index is 161. The summed E-state index contributed by atoms with van der Waals surface area (Å²) in [6, 6.07) is 0. The Morgan fingerprint density at radius 3 is 2.36 bits per heavy atom. The van der Waals surface area contributed by atoms with E-state index >= 15 is 0 Å². The third-order valence-corrected chi connectivity index (χ3v) is 4.84. The lowest BCUT2D eigenvalue weighted by molar-refractivity contribution is -0.312. The van der Waals surface area contributed by atoms with E-state index in [1.807, 2.05) is 0 Å². The van der Waals surface area contributed by atoms with Crippen molar-refractivity contribution in [3.05, 3.63) is 0 Å². The lowest BCUT2D eigenvalue weighted by atomic mass is 9.89. The summed E-state index contributed by atoms with van der Waals surface area (Å²) in [5.74, 6) is -1.16. The second kappa shape index (κ2) is 3.90. The zero-order valence-corrected chi connectivity index (χ0v) is 9.10. The summed E-state index contributed by atoms with van der Waals surface area (Å²) in [6.45, 7) is 0. The van der Waals surface area contributed by atoms with Crippen LogP contribution in [0.25, 0.3) is 0 Å². The molecule has 0 radical (unpaired) electrons. The van der Waals surface area contributed by atoms with Crippen molar-refractivity contribution < 1.29 is 9.90 Å². The lowest BCUT2D eigenvalue weighted by Crippen LogP contribution is -2.37. The maximum absolute atomic E-state index is 10.5. The van der Waals surface area contributed by atoms with Gasteiger partial charge in [0.2, 0.25) is 0 Å². The highest BCUT2D eigenvalue weighted by atomic mass is 79.9. The quantitative estimate of drug-likeness (QED) is 0.676. The molecule has 0 aromatic rings. The molecule has 0 amide bonds. The van der Waals surface area contributed by atoms with Crippen molar-refractivity contribution in [3.8, 4) is 0 Å². The van der Waals surface area contributed by atoms with Crippen molar-refractivity contribution >= 4 is 37.8 Å². The maximum Gasteiger partial charge on any atom is 0.0445 e. The molecular weight excluding hydrogens is 276 g/mol. The Labute approximate surface area is 82.6 Å². The minimum Gasteiger partial charge on any atom is -0.550 e. The highest BCUT2D eigenvalue weighted by molar-refractivity contribution is 9.12. The number of carboxylic acids is 1. The molecule has 1 saturated carbocycles. The average Bonchev–Trinajstić information content (AvgIpc) is 1.94. The predicted octanol–water partition coefficient (Wildman–Crippen LogP) is 1.06. The van der Waals surface area contributed by atoms with Crippen LogP contribution in [0.3, 0.4) is 0 Å². The first kappa shape index (κ1) is 9.52. The third kappa shape index (κ3) is 2.44. The molecule has 4 heteroatoms. The smallest absolute Gasteiger partial charge is 0.0445 e. The molecule has 0 N–H and O–H groups in total. The molecule has 1 rings (SSSR count). The lowest BCUT2D eigenvalue weighted by Gasteiger charge is -2.30. The minimum absolute atomic E-state index is 0.256. The molecule has 0 bridgehead atoms. The number of halogens is 2. The molecular formula is C7H9Br2O2-. The van der Waals surface area contributed by atoms with Gasteiger partial charge < -0.3 is 9.90 Å². The Morgan fingerprint density at radius 1 is 1.27 bits per heavy atom. The molecule has 0 aromatic heterocycles. The van der Waals surface area contributed by atoms with Crippen LogP contribution in [0.1, 0.15) is 19.3 Å². The van der Waals surface area contributed by atoms with E-state index in [0.29, 0.717) is 11.2 Å². The normalized spacial score (nSPS) is 38.5. The van der Waals surface area contributed by atoms with E-state index in [4.69, 9.17) is 0 Å². The van der Waals surface area contributed by atoms with Crippen LogP contribution in [0.4, 0.5) is 0 Å². The van der Waals surface area contributed by atoms with Gasteiger partial charge in [0.05, 0.1) is 0 Å². The fourth-order valence-corrected chi connectivity index (χ4v) is 2.49. The van der Waals surface area contributed by atoms with Gasteiger partial charge in [-0.1, -0.05) is 31.9 Å². The van der Waals surface area contributed by atoms with E-state index in [0.717, 1.165) is 12.8 Å². The summed E-state index contributed by atoms with van der Waals surface area (Å²) in [6.07, 6.45) is 2.33. The van der Waals surface area contributed by atoms with Crippen LogP contribution in [0, 0.1) is 5.92 Å². The van der Waals surface area contributed by atoms with E-state index in [1.165, 1.54) is 0 Å². The second-order valence-electron chi connectivity index (χ2n) is 2.86. The first-order valence-electron chi connectivity index (χ1n) is 3.60. The van der Waals surface area contributed by atoms with Gasteiger partial charge in [0.1, 0.15) is 0 Å². The predicted molar refractivity (Wildman–Crippen MR) is 47.8 cm³/mol. The van der Waals surface area contributed by atoms with Crippen LogP contribution in [0.15, 0.2) is 0 Å². The molecule has 1 aliphatic rings. The van der Waals surface area contributed by atoms with Crippen LogP contribution < -0.4 is 5.11 Å². The van der Waals surface area contributed by atoms with Crippen LogP contribution in [-0.4, -0.2) is 15.6 Å². The molecule has 0 unspecified atom stereocenters. The number of aliphatic carboxylic acids is 1. The van der Waals surface area contributed by atoms with Crippen molar-refractivity contribution in [2.24, 2.45) is 5.92 Å². The second-order valence-corrected chi connectivity index (χ2v) is 5.21. The molecule has 0 aromatic carbocycles. The summed E-state index contributed by atoms with van der Waals surface area (Å²) in [5.41, 5.74) is 0. The van der Waals surface area contributed by atoms with Crippen LogP contribution in [-0.2, 0) is 4.79 Å². The Morgan fingerprint density at radius 2 is 1.91 bits per heavy atom. The fraction of sp³-hybridized carbons (Fsp3) is 0.857. The average molecular weight is 285 g/mol. The van der Waals surface area contributed by atoms with E-state index < -0.39 is 5.97 Å². The highest BCUT2D eigenvalue weighted by Gasteiger charge is 2.27. The maximum atomic E-state index is 10.5. The fourth-order valence-electron chi connectivity index (χ4n) is 1.29. The van der Waals surface area contributed by atoms with Gasteiger partial charge in [0.25, 0.3) is 0 Å². The van der Waals surface area contributed by atoms with Crippen LogP contribution in [0.5, 0.6) is 0 Å². The topological polar surface area (TPSA) is 40.1 Å². The highest BCUT2D eigenvalue weighted by Crippen LogP contribution is 2.33. The Balaban J connectivity index is 2.46. The van der Waals surface area contributed by atoms with Crippen molar-refractivity contribution in [2.75, 3.05) is 0 Å². The summed E-state index contributed by atoms with van der Waals surface area (Å²) < 4.78 is 0. The number of carbonyl (C=O) groups excluding carboxylic acids is 1. The summed E-state index contributed by atoms with van der Waals surface area (Å²) >= 11 is 6.89. The third-order valence-electron chi connectivity index (χ3n) is 2.03. The van der Waals surface area contributed by atoms with Crippen LogP contribution in [0.2, 0.25) is 0 Å². The number of carbonyl (C=O) groups is 1. The van der Waals surface area contributed by atoms with Crippen molar-refractivity contribution in [3.63, 3.8) is 0 Å². The van der Waals surface area contributed by atoms with Crippen molar-refractivity contribution in [2.45, 2.75) is 28.9 Å². The summed E-state index contributed by atoms with van der Waals surface area (Å²) in [7, 11) is 0. The zero-order chi connectivity index (χ0) is 8.43. The van der Waals surface area contributed by atoms with Gasteiger partial charge in [0, 0.05) is 15.6 Å². The minimum atomic E-state index is -0.908. The summed E-state index contributed by atoms with van der Waals surface area (Å²) in [4.78, 5) is 11.2. The van der Waals surface area contributed by atoms with Crippen molar-refractivity contribution in [1.82, 2.24) is 0 Å². The van der Waals surface area contributed by atoms with Gasteiger partial charge in [-0.2, -0.15) is 0 Å². The van der Waals surface area contributed by atoms with Crippen molar-refractivity contribution in [1.29, 1.82) is 0 Å². The van der Waals surface area contributed by atoms with Gasteiger partial charge in [0.15, 0.2) is 0 Å². The number of hydrogen-bond acceptors (Lipinski definition) is 2. The van der Waals surface area contributed by atoms with E-state index in [9.17, 15) is 9.90 Å². The molecule has 0 heterocycles. The zero-order valence-electron chi connectivity index (χ0n) is 5.93.